The Labute approximate surface area is 127 Å². The SMILES string of the molecule is CC.CC(C)(C)C1C2CN(c3cc(F)cc(C#N)c3)CC21. The molecule has 2 atom stereocenters. The van der Waals surface area contributed by atoms with Crippen molar-refractivity contribution in [2.24, 2.45) is 23.2 Å². The smallest absolute Gasteiger partial charge is 0.126 e. The normalized spacial score (nSPS) is 26.5. The molecule has 114 valence electrons. The summed E-state index contributed by atoms with van der Waals surface area (Å²) in [5, 5.41) is 8.90. The Balaban J connectivity index is 0.000000774. The van der Waals surface area contributed by atoms with Crippen molar-refractivity contribution in [3.63, 3.8) is 0 Å². The van der Waals surface area contributed by atoms with Crippen LogP contribution < -0.4 is 4.90 Å². The van der Waals surface area contributed by atoms with Gasteiger partial charge < -0.3 is 4.90 Å². The fraction of sp³-hybridized carbons (Fsp3) is 0.611. The van der Waals surface area contributed by atoms with Crippen LogP contribution in [-0.4, -0.2) is 13.1 Å². The lowest BCUT2D eigenvalue weighted by molar-refractivity contribution is 0.309. The molecule has 0 bridgehead atoms. The topological polar surface area (TPSA) is 27.0 Å². The van der Waals surface area contributed by atoms with Gasteiger partial charge in [-0.3, -0.25) is 0 Å². The standard InChI is InChI=1S/C16H19FN2.C2H6/c1-16(2,3)15-13-8-19(9-14(13)15)12-5-10(7-18)4-11(17)6-12;1-2/h4-6,13-15H,8-9H2,1-3H3;1-2H3. The van der Waals surface area contributed by atoms with Gasteiger partial charge in [-0.2, -0.15) is 5.26 Å². The highest BCUT2D eigenvalue weighted by Gasteiger charge is 2.59. The summed E-state index contributed by atoms with van der Waals surface area (Å²) in [6, 6.07) is 6.64. The third kappa shape index (κ3) is 3.05. The number of halogens is 1. The van der Waals surface area contributed by atoms with E-state index in [0.717, 1.165) is 36.5 Å². The van der Waals surface area contributed by atoms with Gasteiger partial charge in [0.25, 0.3) is 0 Å². The molecule has 1 saturated carbocycles. The lowest BCUT2D eigenvalue weighted by Crippen LogP contribution is -2.27. The Morgan fingerprint density at radius 2 is 1.71 bits per heavy atom. The number of nitriles is 1. The number of hydrogen-bond donors (Lipinski definition) is 0. The van der Waals surface area contributed by atoms with Gasteiger partial charge in [-0.15, -0.1) is 0 Å². The number of fused-ring (bicyclic) bond motifs is 1. The van der Waals surface area contributed by atoms with Crippen LogP contribution in [0, 0.1) is 40.3 Å². The van der Waals surface area contributed by atoms with Crippen molar-refractivity contribution in [2.75, 3.05) is 18.0 Å². The van der Waals surface area contributed by atoms with E-state index in [-0.39, 0.29) is 5.82 Å². The van der Waals surface area contributed by atoms with Crippen LogP contribution in [0.1, 0.15) is 40.2 Å². The van der Waals surface area contributed by atoms with E-state index < -0.39 is 0 Å². The molecule has 2 nitrogen and oxygen atoms in total. The summed E-state index contributed by atoms with van der Waals surface area (Å²) in [6.07, 6.45) is 0. The van der Waals surface area contributed by atoms with Crippen LogP contribution in [0.25, 0.3) is 0 Å². The molecule has 0 amide bonds. The lowest BCUT2D eigenvalue weighted by Gasteiger charge is -2.27. The van der Waals surface area contributed by atoms with Crippen LogP contribution in [0.15, 0.2) is 18.2 Å². The van der Waals surface area contributed by atoms with Crippen molar-refractivity contribution in [1.29, 1.82) is 5.26 Å². The Bertz CT molecular complexity index is 541. The number of rotatable bonds is 1. The van der Waals surface area contributed by atoms with Gasteiger partial charge in [0, 0.05) is 18.8 Å². The van der Waals surface area contributed by atoms with Gasteiger partial charge >= 0.3 is 0 Å². The highest BCUT2D eigenvalue weighted by atomic mass is 19.1. The maximum atomic E-state index is 13.5. The zero-order chi connectivity index (χ0) is 15.8. The Morgan fingerprint density at radius 3 is 2.19 bits per heavy atom. The van der Waals surface area contributed by atoms with Crippen LogP contribution in [0.4, 0.5) is 10.1 Å². The predicted octanol–water partition coefficient (Wildman–Crippen LogP) is 4.45. The molecule has 0 spiro atoms. The molecule has 0 radical (unpaired) electrons. The maximum Gasteiger partial charge on any atom is 0.126 e. The first-order valence-electron chi connectivity index (χ1n) is 7.86. The van der Waals surface area contributed by atoms with E-state index in [2.05, 4.69) is 25.7 Å². The second-order valence-corrected chi connectivity index (χ2v) is 6.93. The second kappa shape index (κ2) is 5.67. The number of anilines is 1. The third-order valence-electron chi connectivity index (χ3n) is 4.57. The first-order chi connectivity index (χ1) is 9.90. The molecule has 2 fully saturated rings. The molecule has 0 aromatic heterocycles. The molecule has 2 aliphatic rings. The second-order valence-electron chi connectivity index (χ2n) is 6.93. The molecule has 3 rings (SSSR count). The molecule has 1 aliphatic carbocycles. The van der Waals surface area contributed by atoms with E-state index in [1.54, 1.807) is 6.07 Å². The molecule has 1 saturated heterocycles. The molecule has 0 N–H and O–H groups in total. The van der Waals surface area contributed by atoms with Crippen LogP contribution in [0.3, 0.4) is 0 Å². The summed E-state index contributed by atoms with van der Waals surface area (Å²) < 4.78 is 13.5. The molecular weight excluding hydrogens is 263 g/mol. The summed E-state index contributed by atoms with van der Waals surface area (Å²) in [5.41, 5.74) is 1.64. The van der Waals surface area contributed by atoms with Gasteiger partial charge in [0.1, 0.15) is 5.82 Å². The summed E-state index contributed by atoms with van der Waals surface area (Å²) in [6.45, 7) is 12.9. The average molecular weight is 288 g/mol. The van der Waals surface area contributed by atoms with Gasteiger partial charge in [0.05, 0.1) is 11.6 Å². The van der Waals surface area contributed by atoms with Crippen molar-refractivity contribution in [3.05, 3.63) is 29.6 Å². The molecule has 3 heteroatoms. The number of nitrogens with zero attached hydrogens (tertiary/aromatic N) is 2. The Kier molecular flexibility index (Phi) is 4.27. The largest absolute Gasteiger partial charge is 0.371 e. The van der Waals surface area contributed by atoms with Crippen molar-refractivity contribution in [2.45, 2.75) is 34.6 Å². The Hall–Kier alpha value is -1.56. The summed E-state index contributed by atoms with van der Waals surface area (Å²) >= 11 is 0. The van der Waals surface area contributed by atoms with E-state index in [0.29, 0.717) is 11.0 Å². The molecule has 1 aliphatic heterocycles. The number of hydrogen-bond acceptors (Lipinski definition) is 2. The van der Waals surface area contributed by atoms with Crippen LogP contribution >= 0.6 is 0 Å². The first kappa shape index (κ1) is 15.8. The highest BCUT2D eigenvalue weighted by Crippen LogP contribution is 2.60. The highest BCUT2D eigenvalue weighted by molar-refractivity contribution is 5.53. The van der Waals surface area contributed by atoms with Crippen molar-refractivity contribution in [3.8, 4) is 6.07 Å². The van der Waals surface area contributed by atoms with Crippen LogP contribution in [0.2, 0.25) is 0 Å². The van der Waals surface area contributed by atoms with Gasteiger partial charge in [0.2, 0.25) is 0 Å². The molecule has 1 heterocycles. The third-order valence-corrected chi connectivity index (χ3v) is 4.57. The minimum Gasteiger partial charge on any atom is -0.371 e. The zero-order valence-corrected chi connectivity index (χ0v) is 13.7. The summed E-state index contributed by atoms with van der Waals surface area (Å²) in [5.74, 6) is 1.97. The van der Waals surface area contributed by atoms with E-state index in [1.165, 1.54) is 12.1 Å². The van der Waals surface area contributed by atoms with E-state index in [9.17, 15) is 4.39 Å². The molecular formula is C18H25FN2. The van der Waals surface area contributed by atoms with Gasteiger partial charge in [0.15, 0.2) is 0 Å². The fourth-order valence-electron chi connectivity index (χ4n) is 3.84. The number of benzene rings is 1. The van der Waals surface area contributed by atoms with Gasteiger partial charge in [-0.1, -0.05) is 34.6 Å². The minimum absolute atomic E-state index is 0.318. The van der Waals surface area contributed by atoms with Gasteiger partial charge in [-0.05, 0) is 41.4 Å². The summed E-state index contributed by atoms with van der Waals surface area (Å²) in [7, 11) is 0. The van der Waals surface area contributed by atoms with Crippen molar-refractivity contribution >= 4 is 5.69 Å². The molecule has 1 aromatic carbocycles. The number of piperidine rings is 1. The molecule has 2 unspecified atom stereocenters. The van der Waals surface area contributed by atoms with Crippen LogP contribution in [0.5, 0.6) is 0 Å². The fourth-order valence-corrected chi connectivity index (χ4v) is 3.84. The first-order valence-corrected chi connectivity index (χ1v) is 7.86. The van der Waals surface area contributed by atoms with Crippen LogP contribution in [-0.2, 0) is 0 Å². The van der Waals surface area contributed by atoms with E-state index >= 15 is 0 Å². The Morgan fingerprint density at radius 1 is 1.14 bits per heavy atom. The van der Waals surface area contributed by atoms with Crippen molar-refractivity contribution in [1.82, 2.24) is 0 Å². The summed E-state index contributed by atoms with van der Waals surface area (Å²) in [4.78, 5) is 2.22. The van der Waals surface area contributed by atoms with Gasteiger partial charge in [-0.25, -0.2) is 4.39 Å². The van der Waals surface area contributed by atoms with E-state index in [4.69, 9.17) is 5.26 Å². The van der Waals surface area contributed by atoms with Crippen molar-refractivity contribution < 1.29 is 4.39 Å². The quantitative estimate of drug-likeness (QED) is 0.763. The van der Waals surface area contributed by atoms with E-state index in [1.807, 2.05) is 19.9 Å². The molecule has 1 aromatic rings. The minimum atomic E-state index is -0.318. The predicted molar refractivity (Wildman–Crippen MR) is 84.6 cm³/mol. The lowest BCUT2D eigenvalue weighted by atomic mass is 9.87. The zero-order valence-electron chi connectivity index (χ0n) is 13.7. The molecule has 21 heavy (non-hydrogen) atoms. The maximum absolute atomic E-state index is 13.5. The average Bonchev–Trinajstić information content (AvgIpc) is 2.98. The monoisotopic (exact) mass is 288 g/mol.